The van der Waals surface area contributed by atoms with Gasteiger partial charge in [-0.3, -0.25) is 4.79 Å². The summed E-state index contributed by atoms with van der Waals surface area (Å²) in [5.41, 5.74) is 8.21. The molecule has 0 saturated heterocycles. The molecule has 3 aromatic rings. The number of amides is 1. The number of anilines is 2. The molecule has 3 rings (SSSR count). The summed E-state index contributed by atoms with van der Waals surface area (Å²) in [5, 5.41) is 2.85. The van der Waals surface area contributed by atoms with Gasteiger partial charge in [0.25, 0.3) is 5.91 Å². The number of carbonyl (C=O) groups excluding carboxylic acids is 1. The van der Waals surface area contributed by atoms with E-state index in [4.69, 9.17) is 24.7 Å². The molecule has 0 radical (unpaired) electrons. The lowest BCUT2D eigenvalue weighted by Crippen LogP contribution is -2.13. The van der Waals surface area contributed by atoms with E-state index in [0.29, 0.717) is 40.1 Å². The van der Waals surface area contributed by atoms with Gasteiger partial charge in [-0.1, -0.05) is 18.2 Å². The van der Waals surface area contributed by atoms with Crippen molar-refractivity contribution in [2.75, 3.05) is 39.5 Å². The zero-order valence-corrected chi connectivity index (χ0v) is 18.3. The Labute approximate surface area is 186 Å². The molecular weight excluding hydrogens is 410 g/mol. The minimum Gasteiger partial charge on any atom is -0.495 e. The number of hydrogen-bond acceptors (Lipinski definition) is 7. The second-order valence-electron chi connectivity index (χ2n) is 6.68. The number of hydrogen-bond donors (Lipinski definition) is 2. The van der Waals surface area contributed by atoms with E-state index >= 15 is 0 Å². The smallest absolute Gasteiger partial charge is 0.257 e. The Balaban J connectivity index is 1.87. The van der Waals surface area contributed by atoms with Gasteiger partial charge in [0, 0.05) is 6.20 Å². The van der Waals surface area contributed by atoms with E-state index < -0.39 is 0 Å². The third kappa shape index (κ3) is 5.10. The molecular formula is C24H25N3O5. The van der Waals surface area contributed by atoms with Gasteiger partial charge in [-0.25, -0.2) is 4.98 Å². The lowest BCUT2D eigenvalue weighted by Gasteiger charge is -2.13. The van der Waals surface area contributed by atoms with Gasteiger partial charge in [-0.2, -0.15) is 0 Å². The van der Waals surface area contributed by atoms with E-state index in [-0.39, 0.29) is 5.91 Å². The molecule has 1 heterocycles. The van der Waals surface area contributed by atoms with Crippen LogP contribution in [0, 0.1) is 0 Å². The SMILES string of the molecule is COc1ccc(/C=C\c2cc(OC)c(OC)c(OC)c2)cc1NC(=O)c1ccc(N)nc1. The van der Waals surface area contributed by atoms with Crippen LogP contribution in [0.2, 0.25) is 0 Å². The molecule has 0 aliphatic rings. The van der Waals surface area contributed by atoms with Gasteiger partial charge in [-0.15, -0.1) is 0 Å². The third-order valence-corrected chi connectivity index (χ3v) is 4.68. The number of rotatable bonds is 8. The van der Waals surface area contributed by atoms with Crippen LogP contribution >= 0.6 is 0 Å². The molecule has 166 valence electrons. The molecule has 32 heavy (non-hydrogen) atoms. The first-order valence-electron chi connectivity index (χ1n) is 9.68. The Hall–Kier alpha value is -4.20. The number of benzene rings is 2. The first-order chi connectivity index (χ1) is 15.5. The molecule has 8 nitrogen and oxygen atoms in total. The minimum atomic E-state index is -0.318. The third-order valence-electron chi connectivity index (χ3n) is 4.68. The Morgan fingerprint density at radius 1 is 0.844 bits per heavy atom. The molecule has 3 N–H and O–H groups in total. The molecule has 0 aliphatic heterocycles. The molecule has 1 aromatic heterocycles. The molecule has 0 aliphatic carbocycles. The van der Waals surface area contributed by atoms with Crippen molar-refractivity contribution in [3.05, 3.63) is 65.4 Å². The Morgan fingerprint density at radius 2 is 1.50 bits per heavy atom. The molecule has 0 spiro atoms. The molecule has 0 bridgehead atoms. The summed E-state index contributed by atoms with van der Waals surface area (Å²) in [6.45, 7) is 0. The number of nitrogens with two attached hydrogens (primary N) is 1. The normalized spacial score (nSPS) is 10.6. The van der Waals surface area contributed by atoms with Crippen LogP contribution in [0.25, 0.3) is 12.2 Å². The van der Waals surface area contributed by atoms with E-state index in [0.717, 1.165) is 11.1 Å². The lowest BCUT2D eigenvalue weighted by molar-refractivity contribution is 0.102. The van der Waals surface area contributed by atoms with Crippen LogP contribution in [-0.4, -0.2) is 39.3 Å². The number of nitrogens with zero attached hydrogens (tertiary/aromatic N) is 1. The zero-order valence-electron chi connectivity index (χ0n) is 18.3. The summed E-state index contributed by atoms with van der Waals surface area (Å²) in [7, 11) is 6.24. The van der Waals surface area contributed by atoms with E-state index in [2.05, 4.69) is 10.3 Å². The van der Waals surface area contributed by atoms with Crippen molar-refractivity contribution >= 4 is 29.6 Å². The maximum Gasteiger partial charge on any atom is 0.257 e. The molecule has 8 heteroatoms. The minimum absolute atomic E-state index is 0.318. The molecule has 1 amide bonds. The fourth-order valence-corrected chi connectivity index (χ4v) is 3.05. The zero-order chi connectivity index (χ0) is 23.1. The summed E-state index contributed by atoms with van der Waals surface area (Å²) >= 11 is 0. The van der Waals surface area contributed by atoms with Crippen molar-refractivity contribution in [3.8, 4) is 23.0 Å². The monoisotopic (exact) mass is 435 g/mol. The van der Waals surface area contributed by atoms with Gasteiger partial charge in [0.1, 0.15) is 11.6 Å². The predicted molar refractivity (Wildman–Crippen MR) is 125 cm³/mol. The summed E-state index contributed by atoms with van der Waals surface area (Å²) in [4.78, 5) is 16.5. The summed E-state index contributed by atoms with van der Waals surface area (Å²) in [6.07, 6.45) is 5.23. The number of methoxy groups -OCH3 is 4. The summed E-state index contributed by atoms with van der Waals surface area (Å²) in [5.74, 6) is 2.21. The van der Waals surface area contributed by atoms with Gasteiger partial charge in [0.15, 0.2) is 11.5 Å². The van der Waals surface area contributed by atoms with E-state index in [1.807, 2.05) is 36.4 Å². The second-order valence-corrected chi connectivity index (χ2v) is 6.68. The number of ether oxygens (including phenoxy) is 4. The number of carbonyl (C=O) groups is 1. The van der Waals surface area contributed by atoms with Gasteiger partial charge < -0.3 is 30.0 Å². The highest BCUT2D eigenvalue weighted by atomic mass is 16.5. The topological polar surface area (TPSA) is 105 Å². The maximum atomic E-state index is 12.6. The van der Waals surface area contributed by atoms with Gasteiger partial charge in [-0.05, 0) is 47.5 Å². The number of nitrogen functional groups attached to an aromatic ring is 1. The fourth-order valence-electron chi connectivity index (χ4n) is 3.05. The van der Waals surface area contributed by atoms with E-state index in [9.17, 15) is 4.79 Å². The second kappa shape index (κ2) is 10.2. The fraction of sp³-hybridized carbons (Fsp3) is 0.167. The molecule has 0 fully saturated rings. The average molecular weight is 435 g/mol. The first-order valence-corrected chi connectivity index (χ1v) is 9.68. The highest BCUT2D eigenvalue weighted by Crippen LogP contribution is 2.38. The molecule has 0 saturated carbocycles. The van der Waals surface area contributed by atoms with Crippen LogP contribution in [0.5, 0.6) is 23.0 Å². The van der Waals surface area contributed by atoms with Crippen LogP contribution < -0.4 is 30.0 Å². The maximum absolute atomic E-state index is 12.6. The Morgan fingerprint density at radius 3 is 2.06 bits per heavy atom. The number of nitrogens with one attached hydrogen (secondary N) is 1. The highest BCUT2D eigenvalue weighted by molar-refractivity contribution is 6.05. The van der Waals surface area contributed by atoms with Crippen molar-refractivity contribution < 1.29 is 23.7 Å². The van der Waals surface area contributed by atoms with Crippen molar-refractivity contribution in [2.24, 2.45) is 0 Å². The van der Waals surface area contributed by atoms with Crippen LogP contribution in [0.3, 0.4) is 0 Å². The Bertz CT molecular complexity index is 1100. The van der Waals surface area contributed by atoms with Gasteiger partial charge in [0.2, 0.25) is 5.75 Å². The lowest BCUT2D eigenvalue weighted by atomic mass is 10.1. The van der Waals surface area contributed by atoms with Crippen LogP contribution in [-0.2, 0) is 0 Å². The predicted octanol–water partition coefficient (Wildman–Crippen LogP) is 4.12. The standard InChI is InChI=1S/C24H25N3O5/c1-29-19-9-7-15(11-18(19)27-24(28)17-8-10-22(25)26-14-17)5-6-16-12-20(30-2)23(32-4)21(13-16)31-3/h5-14H,1-4H3,(H2,25,26)(H,27,28)/b6-5-. The van der Waals surface area contributed by atoms with Crippen LogP contribution in [0.1, 0.15) is 21.5 Å². The first kappa shape index (κ1) is 22.5. The van der Waals surface area contributed by atoms with Gasteiger partial charge >= 0.3 is 0 Å². The van der Waals surface area contributed by atoms with Crippen molar-refractivity contribution in [1.82, 2.24) is 4.98 Å². The summed E-state index contributed by atoms with van der Waals surface area (Å²) < 4.78 is 21.5. The number of aromatic nitrogens is 1. The van der Waals surface area contributed by atoms with Crippen LogP contribution in [0.15, 0.2) is 48.7 Å². The Kier molecular flexibility index (Phi) is 7.17. The summed E-state index contributed by atoms with van der Waals surface area (Å²) in [6, 6.07) is 12.4. The van der Waals surface area contributed by atoms with Crippen LogP contribution in [0.4, 0.5) is 11.5 Å². The van der Waals surface area contributed by atoms with Crippen molar-refractivity contribution in [2.45, 2.75) is 0 Å². The quantitative estimate of drug-likeness (QED) is 0.513. The van der Waals surface area contributed by atoms with Crippen molar-refractivity contribution in [1.29, 1.82) is 0 Å². The average Bonchev–Trinajstić information content (AvgIpc) is 2.82. The van der Waals surface area contributed by atoms with E-state index in [1.165, 1.54) is 6.20 Å². The number of pyridine rings is 1. The largest absolute Gasteiger partial charge is 0.495 e. The van der Waals surface area contributed by atoms with E-state index in [1.54, 1.807) is 46.6 Å². The van der Waals surface area contributed by atoms with Gasteiger partial charge in [0.05, 0.1) is 39.7 Å². The van der Waals surface area contributed by atoms with Crippen molar-refractivity contribution in [3.63, 3.8) is 0 Å². The molecule has 0 atom stereocenters. The molecule has 0 unspecified atom stereocenters. The molecule has 2 aromatic carbocycles. The highest BCUT2D eigenvalue weighted by Gasteiger charge is 2.13.